The molecule has 7 heteroatoms. The topological polar surface area (TPSA) is 92.8 Å². The number of ether oxygens (including phenoxy) is 1. The third-order valence-electron chi connectivity index (χ3n) is 5.06. The van der Waals surface area contributed by atoms with Crippen LogP contribution in [0.25, 0.3) is 0 Å². The van der Waals surface area contributed by atoms with Crippen LogP contribution in [0.15, 0.2) is 48.5 Å². The number of fused-ring (bicyclic) bond motifs is 1. The SMILES string of the molecule is CCCc1ccc(C(=O)CCC(=O)O[C@@H](C)C(=O)N2CC(=O)Nc3ccccc32)cc1. The van der Waals surface area contributed by atoms with E-state index in [1.54, 1.807) is 36.4 Å². The number of esters is 1. The fourth-order valence-corrected chi connectivity index (χ4v) is 3.46. The Hall–Kier alpha value is -3.48. The van der Waals surface area contributed by atoms with Gasteiger partial charge >= 0.3 is 5.97 Å². The van der Waals surface area contributed by atoms with E-state index in [1.807, 2.05) is 12.1 Å². The maximum absolute atomic E-state index is 12.8. The minimum absolute atomic E-state index is 0.00181. The number of hydrogen-bond acceptors (Lipinski definition) is 5. The summed E-state index contributed by atoms with van der Waals surface area (Å²) < 4.78 is 5.24. The van der Waals surface area contributed by atoms with E-state index in [0.717, 1.165) is 12.8 Å². The van der Waals surface area contributed by atoms with Crippen molar-refractivity contribution in [2.24, 2.45) is 0 Å². The molecule has 1 aliphatic rings. The molecule has 1 N–H and O–H groups in total. The second-order valence-corrected chi connectivity index (χ2v) is 7.49. The number of Topliss-reactive ketones (excluding diaryl/α,β-unsaturated/α-hetero) is 1. The van der Waals surface area contributed by atoms with Crippen LogP contribution < -0.4 is 10.2 Å². The van der Waals surface area contributed by atoms with E-state index in [1.165, 1.54) is 17.4 Å². The van der Waals surface area contributed by atoms with Crippen LogP contribution in [0.5, 0.6) is 0 Å². The van der Waals surface area contributed by atoms with Crippen molar-refractivity contribution in [3.05, 3.63) is 59.7 Å². The predicted octanol–water partition coefficient (Wildman–Crippen LogP) is 3.52. The van der Waals surface area contributed by atoms with Crippen LogP contribution in [0.3, 0.4) is 0 Å². The standard InChI is InChI=1S/C24H26N2O5/c1-3-6-17-9-11-18(12-10-17)21(27)13-14-23(29)31-16(2)24(30)26-15-22(28)25-19-7-4-5-8-20(19)26/h4-5,7-12,16H,3,6,13-15H2,1-2H3,(H,25,28)/t16-/m0/s1. The lowest BCUT2D eigenvalue weighted by Gasteiger charge is -2.30. The number of rotatable bonds is 8. The Morgan fingerprint density at radius 3 is 2.48 bits per heavy atom. The summed E-state index contributed by atoms with van der Waals surface area (Å²) in [5.41, 5.74) is 2.80. The van der Waals surface area contributed by atoms with Crippen molar-refractivity contribution < 1.29 is 23.9 Å². The van der Waals surface area contributed by atoms with Crippen LogP contribution in [0.1, 0.15) is 49.0 Å². The molecule has 0 aromatic heterocycles. The summed E-state index contributed by atoms with van der Waals surface area (Å²) in [7, 11) is 0. The van der Waals surface area contributed by atoms with Crippen LogP contribution in [0, 0.1) is 0 Å². The molecule has 0 saturated heterocycles. The lowest BCUT2D eigenvalue weighted by atomic mass is 10.0. The van der Waals surface area contributed by atoms with E-state index in [4.69, 9.17) is 4.74 Å². The Morgan fingerprint density at radius 2 is 1.77 bits per heavy atom. The smallest absolute Gasteiger partial charge is 0.307 e. The number of amides is 2. The summed E-state index contributed by atoms with van der Waals surface area (Å²) in [6.07, 6.45) is 0.793. The van der Waals surface area contributed by atoms with Crippen molar-refractivity contribution in [3.63, 3.8) is 0 Å². The molecule has 1 heterocycles. The number of nitrogens with zero attached hydrogens (tertiary/aromatic N) is 1. The number of aryl methyl sites for hydroxylation is 1. The second-order valence-electron chi connectivity index (χ2n) is 7.49. The summed E-state index contributed by atoms with van der Waals surface area (Å²) in [5, 5.41) is 2.71. The van der Waals surface area contributed by atoms with Crippen LogP contribution >= 0.6 is 0 Å². The highest BCUT2D eigenvalue weighted by Gasteiger charge is 2.31. The molecule has 0 aliphatic carbocycles. The van der Waals surface area contributed by atoms with Gasteiger partial charge in [0.1, 0.15) is 6.54 Å². The first-order valence-electron chi connectivity index (χ1n) is 10.4. The number of hydrogen-bond donors (Lipinski definition) is 1. The molecule has 0 saturated carbocycles. The Kier molecular flexibility index (Phi) is 7.18. The van der Waals surface area contributed by atoms with Gasteiger partial charge in [0.2, 0.25) is 5.91 Å². The van der Waals surface area contributed by atoms with E-state index in [0.29, 0.717) is 16.9 Å². The van der Waals surface area contributed by atoms with Gasteiger partial charge in [0, 0.05) is 12.0 Å². The van der Waals surface area contributed by atoms with Gasteiger partial charge in [0.05, 0.1) is 17.8 Å². The molecule has 1 atom stereocenters. The Labute approximate surface area is 181 Å². The number of para-hydroxylation sites is 2. The van der Waals surface area contributed by atoms with Gasteiger partial charge in [-0.25, -0.2) is 0 Å². The van der Waals surface area contributed by atoms with Gasteiger partial charge in [-0.15, -0.1) is 0 Å². The highest BCUT2D eigenvalue weighted by Crippen LogP contribution is 2.29. The Morgan fingerprint density at radius 1 is 1.06 bits per heavy atom. The van der Waals surface area contributed by atoms with Crippen LogP contribution in [-0.2, 0) is 25.5 Å². The van der Waals surface area contributed by atoms with E-state index in [-0.39, 0.29) is 31.1 Å². The van der Waals surface area contributed by atoms with Crippen LogP contribution in [0.2, 0.25) is 0 Å². The highest BCUT2D eigenvalue weighted by molar-refractivity contribution is 6.11. The molecule has 0 radical (unpaired) electrons. The molecular weight excluding hydrogens is 396 g/mol. The fraction of sp³-hybridized carbons (Fsp3) is 0.333. The zero-order chi connectivity index (χ0) is 22.4. The molecule has 1 aliphatic heterocycles. The van der Waals surface area contributed by atoms with Crippen molar-refractivity contribution in [2.45, 2.75) is 45.6 Å². The molecule has 3 rings (SSSR count). The molecule has 2 aromatic rings. The van der Waals surface area contributed by atoms with Gasteiger partial charge in [-0.05, 0) is 31.0 Å². The van der Waals surface area contributed by atoms with Crippen molar-refractivity contribution in [2.75, 3.05) is 16.8 Å². The van der Waals surface area contributed by atoms with Crippen molar-refractivity contribution in [1.29, 1.82) is 0 Å². The summed E-state index contributed by atoms with van der Waals surface area (Å²) in [6.45, 7) is 3.41. The molecule has 0 unspecified atom stereocenters. The van der Waals surface area contributed by atoms with E-state index in [9.17, 15) is 19.2 Å². The number of nitrogens with one attached hydrogen (secondary N) is 1. The molecule has 0 bridgehead atoms. The number of ketones is 1. The third kappa shape index (κ3) is 5.57. The minimum Gasteiger partial charge on any atom is -0.453 e. The molecule has 2 amide bonds. The largest absolute Gasteiger partial charge is 0.453 e. The summed E-state index contributed by atoms with van der Waals surface area (Å²) >= 11 is 0. The molecule has 0 fully saturated rings. The van der Waals surface area contributed by atoms with Gasteiger partial charge in [-0.1, -0.05) is 49.7 Å². The van der Waals surface area contributed by atoms with Crippen molar-refractivity contribution >= 4 is 34.9 Å². The fourth-order valence-electron chi connectivity index (χ4n) is 3.46. The highest BCUT2D eigenvalue weighted by atomic mass is 16.5. The van der Waals surface area contributed by atoms with Gasteiger partial charge in [0.25, 0.3) is 5.91 Å². The first kappa shape index (κ1) is 22.2. The molecule has 2 aromatic carbocycles. The zero-order valence-electron chi connectivity index (χ0n) is 17.7. The van der Waals surface area contributed by atoms with Gasteiger partial charge in [-0.3, -0.25) is 24.1 Å². The van der Waals surface area contributed by atoms with Gasteiger partial charge in [-0.2, -0.15) is 0 Å². The molecular formula is C24H26N2O5. The maximum Gasteiger partial charge on any atom is 0.307 e. The third-order valence-corrected chi connectivity index (χ3v) is 5.06. The summed E-state index contributed by atoms with van der Waals surface area (Å²) in [6, 6.07) is 14.3. The quantitative estimate of drug-likeness (QED) is 0.519. The summed E-state index contributed by atoms with van der Waals surface area (Å²) in [5.74, 6) is -1.60. The first-order valence-corrected chi connectivity index (χ1v) is 10.4. The molecule has 162 valence electrons. The number of carbonyl (C=O) groups is 4. The Bertz CT molecular complexity index is 984. The van der Waals surface area contributed by atoms with E-state index in [2.05, 4.69) is 12.2 Å². The normalized spacial score (nSPS) is 13.7. The maximum atomic E-state index is 12.8. The summed E-state index contributed by atoms with van der Waals surface area (Å²) in [4.78, 5) is 50.5. The van der Waals surface area contributed by atoms with Crippen molar-refractivity contribution in [1.82, 2.24) is 0 Å². The first-order chi connectivity index (χ1) is 14.9. The number of carbonyl (C=O) groups excluding carboxylic acids is 4. The average Bonchev–Trinajstić information content (AvgIpc) is 2.77. The Balaban J connectivity index is 1.54. The second kappa shape index (κ2) is 10.0. The monoisotopic (exact) mass is 422 g/mol. The van der Waals surface area contributed by atoms with Gasteiger partial charge in [0.15, 0.2) is 11.9 Å². The molecule has 0 spiro atoms. The zero-order valence-corrected chi connectivity index (χ0v) is 17.7. The molecule has 31 heavy (non-hydrogen) atoms. The van der Waals surface area contributed by atoms with Gasteiger partial charge < -0.3 is 10.1 Å². The van der Waals surface area contributed by atoms with E-state index < -0.39 is 18.0 Å². The van der Waals surface area contributed by atoms with E-state index >= 15 is 0 Å². The number of benzene rings is 2. The molecule has 7 nitrogen and oxygen atoms in total. The lowest BCUT2D eigenvalue weighted by molar-refractivity contribution is -0.153. The average molecular weight is 422 g/mol. The predicted molar refractivity (Wildman–Crippen MR) is 117 cm³/mol. The lowest BCUT2D eigenvalue weighted by Crippen LogP contribution is -2.47. The number of anilines is 2. The van der Waals surface area contributed by atoms with Crippen LogP contribution in [-0.4, -0.2) is 36.2 Å². The van der Waals surface area contributed by atoms with Crippen molar-refractivity contribution in [3.8, 4) is 0 Å². The minimum atomic E-state index is -1.07. The van der Waals surface area contributed by atoms with Crippen LogP contribution in [0.4, 0.5) is 11.4 Å².